The monoisotopic (exact) mass is 264 g/mol. The van der Waals surface area contributed by atoms with E-state index in [0.717, 1.165) is 31.3 Å². The minimum atomic E-state index is -1.48. The van der Waals surface area contributed by atoms with Crippen molar-refractivity contribution >= 4 is 25.0 Å². The molecule has 0 amide bonds. The summed E-state index contributed by atoms with van der Waals surface area (Å²) in [5.41, 5.74) is 0.769. The Morgan fingerprint density at radius 2 is 2.15 bits per heavy atom. The molecule has 0 aromatic rings. The van der Waals surface area contributed by atoms with Gasteiger partial charge in [0.1, 0.15) is 0 Å². The van der Waals surface area contributed by atoms with Gasteiger partial charge in [-0.1, -0.05) is 0 Å². The summed E-state index contributed by atoms with van der Waals surface area (Å²) in [5, 5.41) is 0. The Hall–Kier alpha value is 0.236. The average molecular weight is 265 g/mol. The number of carbonyl (C=O) groups excluding carboxylic acids is 1. The molecule has 0 aromatic heterocycles. The SMILES string of the molecule is O=[C](C1=CC=CCCCC1)[Co]([Cl])[Cl]. The summed E-state index contributed by atoms with van der Waals surface area (Å²) in [6.45, 7) is 0. The molecule has 0 heterocycles. The molecule has 4 heteroatoms. The fourth-order valence-corrected chi connectivity index (χ4v) is 2.31. The molecule has 0 unspecified atom stereocenters. The van der Waals surface area contributed by atoms with Crippen molar-refractivity contribution in [1.82, 2.24) is 0 Å². The second-order valence-corrected chi connectivity index (χ2v) is 6.42. The van der Waals surface area contributed by atoms with Gasteiger partial charge in [0.15, 0.2) is 0 Å². The molecule has 0 bridgehead atoms. The maximum atomic E-state index is 11.4. The Bertz CT molecular complexity index is 246. The topological polar surface area (TPSA) is 17.1 Å². The first kappa shape index (κ1) is 11.3. The van der Waals surface area contributed by atoms with E-state index in [-0.39, 0.29) is 4.72 Å². The molecule has 0 aromatic carbocycles. The van der Waals surface area contributed by atoms with Crippen molar-refractivity contribution in [2.24, 2.45) is 0 Å². The minimum absolute atomic E-state index is 0.0950. The first-order valence-corrected chi connectivity index (χ1v) is 7.48. The van der Waals surface area contributed by atoms with Crippen LogP contribution in [-0.2, 0) is 16.6 Å². The van der Waals surface area contributed by atoms with Gasteiger partial charge in [-0.15, -0.1) is 0 Å². The number of hydrogen-bond donors (Lipinski definition) is 0. The Morgan fingerprint density at radius 1 is 1.38 bits per heavy atom. The van der Waals surface area contributed by atoms with Crippen LogP contribution in [0.15, 0.2) is 23.8 Å². The van der Waals surface area contributed by atoms with Crippen LogP contribution in [-0.4, -0.2) is 4.72 Å². The predicted molar refractivity (Wildman–Crippen MR) is 52.4 cm³/mol. The van der Waals surface area contributed by atoms with Crippen LogP contribution in [0.5, 0.6) is 0 Å². The fraction of sp³-hybridized carbons (Fsp3) is 0.444. The van der Waals surface area contributed by atoms with Crippen molar-refractivity contribution in [1.29, 1.82) is 0 Å². The summed E-state index contributed by atoms with van der Waals surface area (Å²) in [6.07, 6.45) is 9.88. The molecule has 0 spiro atoms. The van der Waals surface area contributed by atoms with E-state index in [2.05, 4.69) is 6.08 Å². The molecule has 76 valence electrons. The van der Waals surface area contributed by atoms with Crippen LogP contribution in [0.1, 0.15) is 25.7 Å². The van der Waals surface area contributed by atoms with Gasteiger partial charge in [0.25, 0.3) is 0 Å². The molecular formula is C9H11Cl2CoO. The number of halogens is 2. The normalized spacial score (nSPS) is 18.6. The van der Waals surface area contributed by atoms with Gasteiger partial charge >= 0.3 is 91.1 Å². The predicted octanol–water partition coefficient (Wildman–Crippen LogP) is 3.50. The van der Waals surface area contributed by atoms with Gasteiger partial charge in [0.05, 0.1) is 0 Å². The van der Waals surface area contributed by atoms with Gasteiger partial charge in [-0.05, 0) is 0 Å². The maximum absolute atomic E-state index is 11.4. The standard InChI is InChI=1S/C9H11O.2ClH.Co/c10-8-9-6-4-2-1-3-5-7-9;;;/h2,4,6H,1,3,5,7H2;2*1H;/q;;;+2/p-2. The van der Waals surface area contributed by atoms with Gasteiger partial charge in [-0.25, -0.2) is 0 Å². The molecule has 1 aliphatic rings. The van der Waals surface area contributed by atoms with Gasteiger partial charge in [0, 0.05) is 0 Å². The molecular weight excluding hydrogens is 254 g/mol. The number of allylic oxidation sites excluding steroid dienone is 4. The Balaban J connectivity index is 2.69. The zero-order chi connectivity index (χ0) is 9.68. The molecule has 0 atom stereocenters. The van der Waals surface area contributed by atoms with Crippen LogP contribution in [0.2, 0.25) is 0 Å². The van der Waals surface area contributed by atoms with Gasteiger partial charge < -0.3 is 0 Å². The molecule has 1 nitrogen and oxygen atoms in total. The molecule has 0 N–H and O–H groups in total. The van der Waals surface area contributed by atoms with E-state index in [0.29, 0.717) is 0 Å². The van der Waals surface area contributed by atoms with Crippen LogP contribution in [0, 0.1) is 0 Å². The first-order valence-electron chi connectivity index (χ1n) is 4.09. The quantitative estimate of drug-likeness (QED) is 0.746. The molecule has 0 saturated carbocycles. The summed E-state index contributed by atoms with van der Waals surface area (Å²) in [6, 6.07) is 0. The van der Waals surface area contributed by atoms with E-state index < -0.39 is 11.9 Å². The van der Waals surface area contributed by atoms with E-state index in [1.54, 1.807) is 0 Å². The summed E-state index contributed by atoms with van der Waals surface area (Å²) in [7, 11) is 11.1. The third kappa shape index (κ3) is 3.86. The van der Waals surface area contributed by atoms with Crippen LogP contribution in [0.4, 0.5) is 0 Å². The number of hydrogen-bond acceptors (Lipinski definition) is 1. The van der Waals surface area contributed by atoms with Gasteiger partial charge in [-0.3, -0.25) is 0 Å². The summed E-state index contributed by atoms with van der Waals surface area (Å²) in [4.78, 5) is 11.4. The zero-order valence-electron chi connectivity index (χ0n) is 7.06. The third-order valence-corrected chi connectivity index (χ3v) is 3.49. The molecule has 0 saturated heterocycles. The summed E-state index contributed by atoms with van der Waals surface area (Å²) in [5.74, 6) is 0. The zero-order valence-corrected chi connectivity index (χ0v) is 9.61. The van der Waals surface area contributed by atoms with Crippen molar-refractivity contribution in [3.05, 3.63) is 23.8 Å². The second-order valence-electron chi connectivity index (χ2n) is 2.79. The van der Waals surface area contributed by atoms with Gasteiger partial charge in [0.2, 0.25) is 0 Å². The molecule has 0 aliphatic heterocycles. The molecule has 0 fully saturated rings. The van der Waals surface area contributed by atoms with Crippen LogP contribution in [0.25, 0.3) is 0 Å². The van der Waals surface area contributed by atoms with Crippen molar-refractivity contribution in [3.63, 3.8) is 0 Å². The van der Waals surface area contributed by atoms with E-state index in [1.807, 2.05) is 12.2 Å². The molecule has 13 heavy (non-hydrogen) atoms. The van der Waals surface area contributed by atoms with Crippen LogP contribution >= 0.6 is 20.3 Å². The van der Waals surface area contributed by atoms with Crippen LogP contribution < -0.4 is 0 Å². The second kappa shape index (κ2) is 5.86. The van der Waals surface area contributed by atoms with Crippen molar-refractivity contribution < 1.29 is 16.6 Å². The van der Waals surface area contributed by atoms with E-state index in [9.17, 15) is 4.79 Å². The van der Waals surface area contributed by atoms with E-state index in [4.69, 9.17) is 20.3 Å². The summed E-state index contributed by atoms with van der Waals surface area (Å²) >= 11 is -1.48. The average Bonchev–Trinajstić information content (AvgIpc) is 2.02. The summed E-state index contributed by atoms with van der Waals surface area (Å²) < 4.78 is -0.0950. The molecule has 1 aliphatic carbocycles. The van der Waals surface area contributed by atoms with Crippen LogP contribution in [0.3, 0.4) is 0 Å². The van der Waals surface area contributed by atoms with E-state index in [1.165, 1.54) is 0 Å². The molecule has 1 rings (SSSR count). The fourth-order valence-electron chi connectivity index (χ4n) is 1.18. The van der Waals surface area contributed by atoms with E-state index >= 15 is 0 Å². The number of rotatable bonds is 2. The Kier molecular flexibility index (Phi) is 5.10. The van der Waals surface area contributed by atoms with Crippen molar-refractivity contribution in [3.8, 4) is 0 Å². The van der Waals surface area contributed by atoms with Gasteiger partial charge in [-0.2, -0.15) is 0 Å². The Morgan fingerprint density at radius 3 is 2.85 bits per heavy atom. The van der Waals surface area contributed by atoms with Crippen molar-refractivity contribution in [2.45, 2.75) is 25.7 Å². The first-order chi connectivity index (χ1) is 6.22. The third-order valence-electron chi connectivity index (χ3n) is 1.85. The molecule has 0 radical (unpaired) electrons. The number of carbonyl (C=O) groups is 1. The van der Waals surface area contributed by atoms with Crippen molar-refractivity contribution in [2.75, 3.05) is 0 Å². The Labute approximate surface area is 91.0 Å².